The molecule has 0 aromatic carbocycles. The number of imidazole rings is 1. The van der Waals surface area contributed by atoms with E-state index in [2.05, 4.69) is 16.5 Å². The Morgan fingerprint density at radius 1 is 1.42 bits per heavy atom. The van der Waals surface area contributed by atoms with E-state index in [0.717, 1.165) is 31.3 Å². The molecule has 0 aliphatic carbocycles. The predicted molar refractivity (Wildman–Crippen MR) is 87.6 cm³/mol. The first-order valence-electron chi connectivity index (χ1n) is 8.01. The molecule has 3 heterocycles. The summed E-state index contributed by atoms with van der Waals surface area (Å²) in [6, 6.07) is 2.94. The number of hydrogen-bond donors (Lipinski definition) is 0. The molecule has 7 nitrogen and oxygen atoms in total. The summed E-state index contributed by atoms with van der Waals surface area (Å²) in [5.74, 6) is 0.803. The summed E-state index contributed by atoms with van der Waals surface area (Å²) >= 11 is 0. The smallest absolute Gasteiger partial charge is 0.289 e. The van der Waals surface area contributed by atoms with E-state index >= 15 is 0 Å². The maximum Gasteiger partial charge on any atom is 0.289 e. The van der Waals surface area contributed by atoms with Gasteiger partial charge >= 0.3 is 0 Å². The Kier molecular flexibility index (Phi) is 4.49. The van der Waals surface area contributed by atoms with Gasteiger partial charge < -0.3 is 13.9 Å². The Bertz CT molecular complexity index is 837. The molecular weight excluding hydrogens is 330 g/mol. The van der Waals surface area contributed by atoms with Crippen molar-refractivity contribution >= 4 is 15.7 Å². The largest absolute Gasteiger partial charge is 0.440 e. The molecule has 1 unspecified atom stereocenters. The lowest BCUT2D eigenvalue weighted by Gasteiger charge is -2.33. The number of furan rings is 1. The molecule has 24 heavy (non-hydrogen) atoms. The maximum atomic E-state index is 12.6. The third kappa shape index (κ3) is 3.24. The minimum Gasteiger partial charge on any atom is -0.440 e. The van der Waals surface area contributed by atoms with Crippen LogP contribution in [0.5, 0.6) is 0 Å². The van der Waals surface area contributed by atoms with Gasteiger partial charge in [-0.2, -0.15) is 0 Å². The van der Waals surface area contributed by atoms with Gasteiger partial charge in [0.05, 0.1) is 6.04 Å². The molecule has 0 radical (unpaired) electrons. The van der Waals surface area contributed by atoms with E-state index in [1.54, 1.807) is 11.1 Å². The Hall–Kier alpha value is -2.09. The van der Waals surface area contributed by atoms with Crippen molar-refractivity contribution in [1.29, 1.82) is 0 Å². The second kappa shape index (κ2) is 6.43. The topological polar surface area (TPSA) is 85.4 Å². The molecule has 0 saturated carbocycles. The number of rotatable bonds is 4. The van der Waals surface area contributed by atoms with Gasteiger partial charge in [0.1, 0.15) is 5.82 Å². The van der Waals surface area contributed by atoms with Crippen molar-refractivity contribution in [2.75, 3.05) is 19.3 Å². The first kappa shape index (κ1) is 16.8. The van der Waals surface area contributed by atoms with Gasteiger partial charge in [-0.3, -0.25) is 4.79 Å². The maximum absolute atomic E-state index is 12.6. The zero-order valence-corrected chi connectivity index (χ0v) is 14.6. The van der Waals surface area contributed by atoms with Gasteiger partial charge in [-0.25, -0.2) is 13.4 Å². The summed E-state index contributed by atoms with van der Waals surface area (Å²) < 4.78 is 30.4. The van der Waals surface area contributed by atoms with Crippen LogP contribution in [0.3, 0.4) is 0 Å². The van der Waals surface area contributed by atoms with Gasteiger partial charge in [0.2, 0.25) is 14.9 Å². The lowest BCUT2D eigenvalue weighted by Crippen LogP contribution is -2.40. The van der Waals surface area contributed by atoms with Crippen LogP contribution in [0.4, 0.5) is 0 Å². The molecule has 1 atom stereocenters. The number of piperidine rings is 1. The molecule has 3 rings (SSSR count). The summed E-state index contributed by atoms with van der Waals surface area (Å²) in [6.45, 7) is 3.26. The van der Waals surface area contributed by atoms with E-state index in [-0.39, 0.29) is 22.8 Å². The lowest BCUT2D eigenvalue weighted by atomic mass is 10.0. The summed E-state index contributed by atoms with van der Waals surface area (Å²) in [7, 11) is -3.45. The number of amides is 1. The fourth-order valence-corrected chi connectivity index (χ4v) is 3.66. The summed E-state index contributed by atoms with van der Waals surface area (Å²) in [5, 5.41) is -0.178. The number of carbonyl (C=O) groups is 1. The molecule has 1 saturated heterocycles. The fourth-order valence-electron chi connectivity index (χ4n) is 3.11. The third-order valence-corrected chi connectivity index (χ3v) is 5.25. The normalized spacial score (nSPS) is 18.8. The van der Waals surface area contributed by atoms with Crippen molar-refractivity contribution in [3.05, 3.63) is 36.1 Å². The second-order valence-corrected chi connectivity index (χ2v) is 7.99. The van der Waals surface area contributed by atoms with Crippen molar-refractivity contribution < 1.29 is 17.6 Å². The van der Waals surface area contributed by atoms with E-state index in [0.29, 0.717) is 13.1 Å². The highest BCUT2D eigenvalue weighted by Crippen LogP contribution is 2.25. The molecule has 2 aromatic rings. The van der Waals surface area contributed by atoms with Crippen LogP contribution in [0.25, 0.3) is 0 Å². The highest BCUT2D eigenvalue weighted by molar-refractivity contribution is 7.90. The number of sulfone groups is 1. The van der Waals surface area contributed by atoms with Gasteiger partial charge in [-0.1, -0.05) is 6.92 Å². The third-order valence-electron chi connectivity index (χ3n) is 4.30. The van der Waals surface area contributed by atoms with Crippen LogP contribution >= 0.6 is 0 Å². The van der Waals surface area contributed by atoms with Crippen LogP contribution in [-0.4, -0.2) is 48.1 Å². The molecule has 1 aliphatic rings. The average Bonchev–Trinajstić information content (AvgIpc) is 3.22. The van der Waals surface area contributed by atoms with Crippen LogP contribution < -0.4 is 0 Å². The molecule has 1 fully saturated rings. The van der Waals surface area contributed by atoms with Gasteiger partial charge in [-0.15, -0.1) is 0 Å². The fraction of sp³-hybridized carbons (Fsp3) is 0.500. The summed E-state index contributed by atoms with van der Waals surface area (Å²) in [6.07, 6.45) is 7.50. The predicted octanol–water partition coefficient (Wildman–Crippen LogP) is 1.92. The standard InChI is InChI=1S/C16H21N3O4S/c1-3-14-17-8-10-19(14)12-5-4-9-18(11-12)16(20)13-6-7-15(23-13)24(2,21)22/h6-8,10,12H,3-5,9,11H2,1-2H3. The van der Waals surface area contributed by atoms with Crippen LogP contribution in [-0.2, 0) is 16.3 Å². The number of carbonyl (C=O) groups excluding carboxylic acids is 1. The Morgan fingerprint density at radius 2 is 2.21 bits per heavy atom. The first-order chi connectivity index (χ1) is 11.4. The van der Waals surface area contributed by atoms with E-state index in [1.165, 1.54) is 12.1 Å². The van der Waals surface area contributed by atoms with Crippen molar-refractivity contribution in [2.45, 2.75) is 37.3 Å². The molecule has 2 aromatic heterocycles. The van der Waals surface area contributed by atoms with E-state index in [4.69, 9.17) is 4.42 Å². The minimum absolute atomic E-state index is 0.0671. The van der Waals surface area contributed by atoms with Gasteiger partial charge in [0, 0.05) is 38.2 Å². The van der Waals surface area contributed by atoms with Gasteiger partial charge in [0.25, 0.3) is 5.91 Å². The molecule has 0 bridgehead atoms. The minimum atomic E-state index is -3.45. The number of likely N-dealkylation sites (tertiary alicyclic amines) is 1. The van der Waals surface area contributed by atoms with Gasteiger partial charge in [-0.05, 0) is 25.0 Å². The number of nitrogens with zero attached hydrogens (tertiary/aromatic N) is 3. The number of aryl methyl sites for hydroxylation is 1. The number of hydrogen-bond acceptors (Lipinski definition) is 5. The molecule has 1 amide bonds. The van der Waals surface area contributed by atoms with Crippen molar-refractivity contribution in [1.82, 2.24) is 14.5 Å². The highest BCUT2D eigenvalue weighted by atomic mass is 32.2. The first-order valence-corrected chi connectivity index (χ1v) is 9.90. The van der Waals surface area contributed by atoms with Crippen molar-refractivity contribution in [3.63, 3.8) is 0 Å². The quantitative estimate of drug-likeness (QED) is 0.840. The SMILES string of the molecule is CCc1nccn1C1CCCN(C(=O)c2ccc(S(C)(=O)=O)o2)C1. The zero-order valence-electron chi connectivity index (χ0n) is 13.8. The van der Waals surface area contributed by atoms with Crippen LogP contribution in [0.1, 0.15) is 42.2 Å². The summed E-state index contributed by atoms with van der Waals surface area (Å²) in [4.78, 5) is 18.7. The van der Waals surface area contributed by atoms with E-state index < -0.39 is 9.84 Å². The number of aromatic nitrogens is 2. The van der Waals surface area contributed by atoms with Gasteiger partial charge in [0.15, 0.2) is 5.76 Å². The molecule has 8 heteroatoms. The zero-order chi connectivity index (χ0) is 17.3. The Balaban J connectivity index is 1.77. The van der Waals surface area contributed by atoms with E-state index in [9.17, 15) is 13.2 Å². The van der Waals surface area contributed by atoms with Crippen LogP contribution in [0.2, 0.25) is 0 Å². The Morgan fingerprint density at radius 3 is 2.88 bits per heavy atom. The molecule has 0 spiro atoms. The summed E-state index contributed by atoms with van der Waals surface area (Å²) in [5.41, 5.74) is 0. The molecule has 0 N–H and O–H groups in total. The molecular formula is C16H21N3O4S. The monoisotopic (exact) mass is 351 g/mol. The lowest BCUT2D eigenvalue weighted by molar-refractivity contribution is 0.0640. The highest BCUT2D eigenvalue weighted by Gasteiger charge is 2.28. The Labute approximate surface area is 141 Å². The second-order valence-electron chi connectivity index (χ2n) is 6.04. The molecule has 1 aliphatic heterocycles. The van der Waals surface area contributed by atoms with Crippen LogP contribution in [0.15, 0.2) is 34.0 Å². The van der Waals surface area contributed by atoms with E-state index in [1.807, 2.05) is 6.20 Å². The van der Waals surface area contributed by atoms with Crippen molar-refractivity contribution in [2.24, 2.45) is 0 Å². The van der Waals surface area contributed by atoms with Crippen LogP contribution in [0, 0.1) is 0 Å². The molecule has 130 valence electrons. The average molecular weight is 351 g/mol. The van der Waals surface area contributed by atoms with Crippen molar-refractivity contribution in [3.8, 4) is 0 Å².